The van der Waals surface area contributed by atoms with Crippen molar-refractivity contribution in [1.82, 2.24) is 0 Å². The minimum Gasteiger partial charge on any atom is -0.251 e. The molecule has 0 saturated carbocycles. The van der Waals surface area contributed by atoms with E-state index in [-0.39, 0.29) is 6.10 Å². The van der Waals surface area contributed by atoms with Gasteiger partial charge in [0.25, 0.3) is 0 Å². The maximum Gasteiger partial charge on any atom is 0.114 e. The lowest BCUT2D eigenvalue weighted by Crippen LogP contribution is -2.04. The molecule has 0 fully saturated rings. The predicted molar refractivity (Wildman–Crippen MR) is 60.1 cm³/mol. The van der Waals surface area contributed by atoms with Crippen LogP contribution >= 0.6 is 0 Å². The standard InChI is InChI=1S/C12H20O2/c1-3-5-6-7-8-9-11-12(14-13)10-4-2/h4-6,8-10,12-13H,3,7,11H2,1-2H3. The average molecular weight is 196 g/mol. The Bertz CT molecular complexity index is 192. The molecule has 0 aliphatic rings. The Labute approximate surface area is 86.5 Å². The lowest BCUT2D eigenvalue weighted by molar-refractivity contribution is -0.264. The summed E-state index contributed by atoms with van der Waals surface area (Å²) >= 11 is 0. The molecule has 0 spiro atoms. The van der Waals surface area contributed by atoms with Gasteiger partial charge in [-0.2, -0.15) is 0 Å². The third-order valence-corrected chi connectivity index (χ3v) is 1.75. The van der Waals surface area contributed by atoms with Gasteiger partial charge in [0.05, 0.1) is 0 Å². The minimum atomic E-state index is -0.216. The molecule has 2 heteroatoms. The molecule has 0 heterocycles. The van der Waals surface area contributed by atoms with Crippen molar-refractivity contribution in [2.24, 2.45) is 0 Å². The van der Waals surface area contributed by atoms with Gasteiger partial charge in [0.2, 0.25) is 0 Å². The Balaban J connectivity index is 3.62. The third-order valence-electron chi connectivity index (χ3n) is 1.75. The highest BCUT2D eigenvalue weighted by molar-refractivity contribution is 4.96. The normalized spacial score (nSPS) is 14.8. The zero-order valence-electron chi connectivity index (χ0n) is 9.02. The molecular formula is C12H20O2. The van der Waals surface area contributed by atoms with Crippen LogP contribution in [0.4, 0.5) is 0 Å². The Hall–Kier alpha value is -0.860. The van der Waals surface area contributed by atoms with E-state index < -0.39 is 0 Å². The Morgan fingerprint density at radius 3 is 2.50 bits per heavy atom. The smallest absolute Gasteiger partial charge is 0.114 e. The van der Waals surface area contributed by atoms with Crippen molar-refractivity contribution < 1.29 is 10.1 Å². The Morgan fingerprint density at radius 2 is 1.93 bits per heavy atom. The summed E-state index contributed by atoms with van der Waals surface area (Å²) in [6.45, 7) is 4.02. The second-order valence-electron chi connectivity index (χ2n) is 2.99. The second-order valence-corrected chi connectivity index (χ2v) is 2.99. The van der Waals surface area contributed by atoms with Gasteiger partial charge in [-0.1, -0.05) is 43.4 Å². The molecule has 0 aliphatic carbocycles. The second kappa shape index (κ2) is 10.2. The van der Waals surface area contributed by atoms with Crippen LogP contribution in [0.1, 0.15) is 33.1 Å². The van der Waals surface area contributed by atoms with E-state index in [2.05, 4.69) is 30.0 Å². The maximum absolute atomic E-state index is 8.50. The monoisotopic (exact) mass is 196 g/mol. The van der Waals surface area contributed by atoms with Crippen molar-refractivity contribution in [2.75, 3.05) is 0 Å². The molecular weight excluding hydrogens is 176 g/mol. The van der Waals surface area contributed by atoms with Crippen LogP contribution in [0.5, 0.6) is 0 Å². The summed E-state index contributed by atoms with van der Waals surface area (Å²) in [7, 11) is 0. The number of rotatable bonds is 7. The zero-order chi connectivity index (χ0) is 10.6. The van der Waals surface area contributed by atoms with E-state index in [1.54, 1.807) is 0 Å². The van der Waals surface area contributed by atoms with E-state index in [1.807, 2.05) is 25.2 Å². The van der Waals surface area contributed by atoms with Gasteiger partial charge in [-0.05, 0) is 26.2 Å². The van der Waals surface area contributed by atoms with Crippen LogP contribution in [-0.4, -0.2) is 11.4 Å². The van der Waals surface area contributed by atoms with Crippen LogP contribution in [0.3, 0.4) is 0 Å². The van der Waals surface area contributed by atoms with Crippen molar-refractivity contribution in [3.05, 3.63) is 36.5 Å². The average Bonchev–Trinajstić information content (AvgIpc) is 2.21. The first kappa shape index (κ1) is 13.1. The van der Waals surface area contributed by atoms with Crippen molar-refractivity contribution in [3.8, 4) is 0 Å². The van der Waals surface area contributed by atoms with E-state index >= 15 is 0 Å². The summed E-state index contributed by atoms with van der Waals surface area (Å²) < 4.78 is 0. The quantitative estimate of drug-likeness (QED) is 0.382. The van der Waals surface area contributed by atoms with Gasteiger partial charge in [-0.15, -0.1) is 0 Å². The fourth-order valence-corrected chi connectivity index (χ4v) is 1.04. The van der Waals surface area contributed by atoms with E-state index in [1.165, 1.54) is 0 Å². The molecule has 1 N–H and O–H groups in total. The van der Waals surface area contributed by atoms with Crippen molar-refractivity contribution >= 4 is 0 Å². The van der Waals surface area contributed by atoms with Crippen LogP contribution in [0.2, 0.25) is 0 Å². The van der Waals surface area contributed by atoms with Crippen molar-refractivity contribution in [2.45, 2.75) is 39.2 Å². The topological polar surface area (TPSA) is 29.5 Å². The van der Waals surface area contributed by atoms with Crippen LogP contribution in [-0.2, 0) is 4.89 Å². The summed E-state index contributed by atoms with van der Waals surface area (Å²) in [5.74, 6) is 0. The maximum atomic E-state index is 8.50. The molecule has 0 saturated heterocycles. The largest absolute Gasteiger partial charge is 0.251 e. The van der Waals surface area contributed by atoms with E-state index in [9.17, 15) is 0 Å². The van der Waals surface area contributed by atoms with E-state index in [0.717, 1.165) is 12.8 Å². The lowest BCUT2D eigenvalue weighted by Gasteiger charge is -2.03. The SMILES string of the molecule is CC=CC(CC=CCC=CCC)OO. The number of hydrogen-bond donors (Lipinski definition) is 1. The zero-order valence-corrected chi connectivity index (χ0v) is 9.02. The van der Waals surface area contributed by atoms with Crippen LogP contribution in [0.15, 0.2) is 36.5 Å². The summed E-state index contributed by atoms with van der Waals surface area (Å²) in [6.07, 6.45) is 14.6. The molecule has 0 bridgehead atoms. The first-order valence-electron chi connectivity index (χ1n) is 5.08. The van der Waals surface area contributed by atoms with Gasteiger partial charge >= 0.3 is 0 Å². The molecule has 2 nitrogen and oxygen atoms in total. The van der Waals surface area contributed by atoms with Crippen molar-refractivity contribution in [3.63, 3.8) is 0 Å². The fraction of sp³-hybridized carbons (Fsp3) is 0.500. The van der Waals surface area contributed by atoms with Crippen LogP contribution in [0, 0.1) is 0 Å². The number of allylic oxidation sites excluding steroid dienone is 4. The van der Waals surface area contributed by atoms with Gasteiger partial charge in [-0.25, -0.2) is 4.89 Å². The highest BCUT2D eigenvalue weighted by Gasteiger charge is 1.99. The highest BCUT2D eigenvalue weighted by Crippen LogP contribution is 2.01. The summed E-state index contributed by atoms with van der Waals surface area (Å²) in [6, 6.07) is 0. The minimum absolute atomic E-state index is 0.216. The molecule has 0 aromatic carbocycles. The number of hydrogen-bond acceptors (Lipinski definition) is 2. The molecule has 14 heavy (non-hydrogen) atoms. The van der Waals surface area contributed by atoms with Gasteiger partial charge in [0, 0.05) is 0 Å². The van der Waals surface area contributed by atoms with Crippen molar-refractivity contribution in [1.29, 1.82) is 0 Å². The lowest BCUT2D eigenvalue weighted by atomic mass is 10.2. The first-order valence-corrected chi connectivity index (χ1v) is 5.08. The van der Waals surface area contributed by atoms with E-state index in [4.69, 9.17) is 5.26 Å². The Morgan fingerprint density at radius 1 is 1.21 bits per heavy atom. The first-order chi connectivity index (χ1) is 6.85. The molecule has 1 unspecified atom stereocenters. The summed E-state index contributed by atoms with van der Waals surface area (Å²) in [5, 5.41) is 8.50. The molecule has 1 atom stereocenters. The molecule has 0 radical (unpaired) electrons. The molecule has 0 amide bonds. The van der Waals surface area contributed by atoms with Gasteiger partial charge in [0.1, 0.15) is 6.10 Å². The van der Waals surface area contributed by atoms with E-state index in [0.29, 0.717) is 6.42 Å². The van der Waals surface area contributed by atoms with Gasteiger partial charge in [-0.3, -0.25) is 5.26 Å². The molecule has 0 rings (SSSR count). The summed E-state index contributed by atoms with van der Waals surface area (Å²) in [4.78, 5) is 4.26. The van der Waals surface area contributed by atoms with Gasteiger partial charge in [0.15, 0.2) is 0 Å². The Kier molecular flexibility index (Phi) is 9.59. The molecule has 80 valence electrons. The highest BCUT2D eigenvalue weighted by atomic mass is 17.1. The van der Waals surface area contributed by atoms with Crippen LogP contribution in [0.25, 0.3) is 0 Å². The molecule has 0 aliphatic heterocycles. The fourth-order valence-electron chi connectivity index (χ4n) is 1.04. The third kappa shape index (κ3) is 7.77. The van der Waals surface area contributed by atoms with Gasteiger partial charge < -0.3 is 0 Å². The molecule has 0 aromatic rings. The van der Waals surface area contributed by atoms with Crippen LogP contribution < -0.4 is 0 Å². The molecule has 0 aromatic heterocycles. The predicted octanol–water partition coefficient (Wildman–Crippen LogP) is 3.72. The summed E-state index contributed by atoms with van der Waals surface area (Å²) in [5.41, 5.74) is 0.